The van der Waals surface area contributed by atoms with Gasteiger partial charge in [0.1, 0.15) is 0 Å². The molecular weight excluding hydrogens is 262 g/mol. The van der Waals surface area contributed by atoms with E-state index in [0.29, 0.717) is 20.1 Å². The zero-order valence-electron chi connectivity index (χ0n) is 6.82. The third-order valence-electron chi connectivity index (χ3n) is 1.95. The summed E-state index contributed by atoms with van der Waals surface area (Å²) >= 11 is 23.7. The summed E-state index contributed by atoms with van der Waals surface area (Å²) in [4.78, 5) is 0. The highest BCUT2D eigenvalue weighted by Crippen LogP contribution is 2.35. The van der Waals surface area contributed by atoms with Gasteiger partial charge in [-0.15, -0.1) is 0 Å². The molecule has 0 aliphatic carbocycles. The highest BCUT2D eigenvalue weighted by molar-refractivity contribution is 6.45. The van der Waals surface area contributed by atoms with Crippen LogP contribution in [0.25, 0.3) is 10.8 Å². The van der Waals surface area contributed by atoms with Crippen LogP contribution in [0.2, 0.25) is 20.1 Å². The molecule has 0 saturated carbocycles. The minimum Gasteiger partial charge on any atom is -0.0837 e. The summed E-state index contributed by atoms with van der Waals surface area (Å²) in [7, 11) is 0. The molecule has 2 aromatic carbocycles. The standard InChI is InChI=1S/C10H4Cl4/c11-7-1-2-8(12)6-4-10(14)9(13)3-5(6)7/h1-4H. The second-order valence-corrected chi connectivity index (χ2v) is 4.47. The lowest BCUT2D eigenvalue weighted by molar-refractivity contribution is 1.74. The molecule has 2 aromatic rings. The third kappa shape index (κ3) is 1.68. The van der Waals surface area contributed by atoms with E-state index in [4.69, 9.17) is 46.4 Å². The third-order valence-corrected chi connectivity index (χ3v) is 3.33. The van der Waals surface area contributed by atoms with Crippen molar-refractivity contribution in [2.75, 3.05) is 0 Å². The van der Waals surface area contributed by atoms with Crippen molar-refractivity contribution in [1.29, 1.82) is 0 Å². The number of rotatable bonds is 0. The van der Waals surface area contributed by atoms with Gasteiger partial charge in [0.15, 0.2) is 0 Å². The minimum atomic E-state index is 0.475. The average molecular weight is 266 g/mol. The van der Waals surface area contributed by atoms with Gasteiger partial charge in [-0.05, 0) is 24.3 Å². The molecule has 0 aliphatic rings. The number of benzene rings is 2. The molecule has 0 saturated heterocycles. The van der Waals surface area contributed by atoms with Crippen LogP contribution in [0, 0.1) is 0 Å². The molecule has 72 valence electrons. The van der Waals surface area contributed by atoms with Gasteiger partial charge in [0.05, 0.1) is 10.0 Å². The maximum Gasteiger partial charge on any atom is 0.0599 e. The fourth-order valence-electron chi connectivity index (χ4n) is 1.27. The van der Waals surface area contributed by atoms with Crippen LogP contribution in [0.5, 0.6) is 0 Å². The van der Waals surface area contributed by atoms with E-state index in [1.165, 1.54) is 0 Å². The van der Waals surface area contributed by atoms with Crippen molar-refractivity contribution in [3.05, 3.63) is 44.4 Å². The maximum atomic E-state index is 5.99. The summed E-state index contributed by atoms with van der Waals surface area (Å²) in [6.07, 6.45) is 0. The molecule has 0 N–H and O–H groups in total. The number of hydrogen-bond acceptors (Lipinski definition) is 0. The van der Waals surface area contributed by atoms with Crippen LogP contribution in [0.1, 0.15) is 0 Å². The lowest BCUT2D eigenvalue weighted by Gasteiger charge is -2.04. The van der Waals surface area contributed by atoms with Crippen molar-refractivity contribution >= 4 is 57.2 Å². The van der Waals surface area contributed by atoms with Crippen LogP contribution in [-0.4, -0.2) is 0 Å². The lowest BCUT2D eigenvalue weighted by atomic mass is 10.1. The Labute approximate surface area is 101 Å². The normalized spacial score (nSPS) is 10.9. The Bertz CT molecular complexity index is 458. The van der Waals surface area contributed by atoms with Crippen LogP contribution in [0.4, 0.5) is 0 Å². The van der Waals surface area contributed by atoms with Gasteiger partial charge in [0.25, 0.3) is 0 Å². The first kappa shape index (κ1) is 10.4. The van der Waals surface area contributed by atoms with Crippen LogP contribution in [-0.2, 0) is 0 Å². The highest BCUT2D eigenvalue weighted by atomic mass is 35.5. The fraction of sp³-hybridized carbons (Fsp3) is 0. The van der Waals surface area contributed by atoms with Crippen LogP contribution < -0.4 is 0 Å². The van der Waals surface area contributed by atoms with E-state index in [1.54, 1.807) is 24.3 Å². The van der Waals surface area contributed by atoms with E-state index in [1.807, 2.05) is 0 Å². The Kier molecular flexibility index (Phi) is 2.81. The first-order valence-corrected chi connectivity index (χ1v) is 5.33. The monoisotopic (exact) mass is 264 g/mol. The van der Waals surface area contributed by atoms with E-state index in [-0.39, 0.29) is 0 Å². The number of fused-ring (bicyclic) bond motifs is 1. The second-order valence-electron chi connectivity index (χ2n) is 2.84. The Morgan fingerprint density at radius 1 is 0.571 bits per heavy atom. The molecular formula is C10H4Cl4. The minimum absolute atomic E-state index is 0.475. The molecule has 0 radical (unpaired) electrons. The zero-order chi connectivity index (χ0) is 10.3. The lowest BCUT2D eigenvalue weighted by Crippen LogP contribution is -1.78. The van der Waals surface area contributed by atoms with E-state index in [9.17, 15) is 0 Å². The second kappa shape index (κ2) is 3.79. The van der Waals surface area contributed by atoms with Gasteiger partial charge >= 0.3 is 0 Å². The Morgan fingerprint density at radius 2 is 0.929 bits per heavy atom. The predicted molar refractivity (Wildman–Crippen MR) is 64.0 cm³/mol. The number of hydrogen-bond donors (Lipinski definition) is 0. The summed E-state index contributed by atoms with van der Waals surface area (Å²) in [5.41, 5.74) is 0. The molecule has 0 spiro atoms. The van der Waals surface area contributed by atoms with Gasteiger partial charge in [-0.25, -0.2) is 0 Å². The van der Waals surface area contributed by atoms with E-state index >= 15 is 0 Å². The molecule has 0 amide bonds. The topological polar surface area (TPSA) is 0 Å². The van der Waals surface area contributed by atoms with Crippen molar-refractivity contribution in [3.63, 3.8) is 0 Å². The van der Waals surface area contributed by atoms with E-state index in [2.05, 4.69) is 0 Å². The average Bonchev–Trinajstić information content (AvgIpc) is 2.15. The quantitative estimate of drug-likeness (QED) is 0.594. The van der Waals surface area contributed by atoms with Gasteiger partial charge < -0.3 is 0 Å². The molecule has 4 heteroatoms. The predicted octanol–water partition coefficient (Wildman–Crippen LogP) is 5.45. The molecule has 0 fully saturated rings. The van der Waals surface area contributed by atoms with E-state index < -0.39 is 0 Å². The van der Waals surface area contributed by atoms with Crippen molar-refractivity contribution in [2.45, 2.75) is 0 Å². The maximum absolute atomic E-state index is 5.99. The molecule has 0 bridgehead atoms. The highest BCUT2D eigenvalue weighted by Gasteiger charge is 2.06. The summed E-state index contributed by atoms with van der Waals surface area (Å²) in [6, 6.07) is 6.90. The SMILES string of the molecule is Clc1cc2c(Cl)ccc(Cl)c2cc1Cl. The van der Waals surface area contributed by atoms with Crippen molar-refractivity contribution in [3.8, 4) is 0 Å². The van der Waals surface area contributed by atoms with Gasteiger partial charge in [-0.2, -0.15) is 0 Å². The van der Waals surface area contributed by atoms with Gasteiger partial charge in [-0.1, -0.05) is 46.4 Å². The van der Waals surface area contributed by atoms with Crippen molar-refractivity contribution in [1.82, 2.24) is 0 Å². The van der Waals surface area contributed by atoms with Crippen LogP contribution in [0.15, 0.2) is 24.3 Å². The first-order valence-electron chi connectivity index (χ1n) is 3.82. The summed E-state index contributed by atoms with van der Waals surface area (Å²) in [6.45, 7) is 0. The molecule has 0 heterocycles. The van der Waals surface area contributed by atoms with Gasteiger partial charge in [-0.3, -0.25) is 0 Å². The van der Waals surface area contributed by atoms with Gasteiger partial charge in [0.2, 0.25) is 0 Å². The van der Waals surface area contributed by atoms with Gasteiger partial charge in [0, 0.05) is 20.8 Å². The van der Waals surface area contributed by atoms with E-state index in [0.717, 1.165) is 10.8 Å². The molecule has 0 unspecified atom stereocenters. The van der Waals surface area contributed by atoms with Crippen LogP contribution in [0.3, 0.4) is 0 Å². The smallest absolute Gasteiger partial charge is 0.0599 e. The Balaban J connectivity index is 2.94. The first-order chi connectivity index (χ1) is 6.59. The Morgan fingerprint density at radius 3 is 1.29 bits per heavy atom. The largest absolute Gasteiger partial charge is 0.0837 e. The summed E-state index contributed by atoms with van der Waals surface area (Å²) < 4.78 is 0. The molecule has 0 nitrogen and oxygen atoms in total. The molecule has 0 aliphatic heterocycles. The molecule has 0 atom stereocenters. The van der Waals surface area contributed by atoms with Crippen LogP contribution >= 0.6 is 46.4 Å². The van der Waals surface area contributed by atoms with Crippen molar-refractivity contribution in [2.24, 2.45) is 0 Å². The number of halogens is 4. The fourth-order valence-corrected chi connectivity index (χ4v) is 2.03. The Hall–Kier alpha value is -0.140. The summed E-state index contributed by atoms with van der Waals surface area (Å²) in [5.74, 6) is 0. The molecule has 14 heavy (non-hydrogen) atoms. The molecule has 0 aromatic heterocycles. The molecule has 2 rings (SSSR count). The van der Waals surface area contributed by atoms with Crippen molar-refractivity contribution < 1.29 is 0 Å². The zero-order valence-corrected chi connectivity index (χ0v) is 9.84. The summed E-state index contributed by atoms with van der Waals surface area (Å²) in [5, 5.41) is 3.81.